The molecule has 5 N–H and O–H groups in total. The normalized spacial score (nSPS) is 21.8. The molecule has 6 heteroatoms. The molecule has 1 fully saturated rings. The molecule has 0 bridgehead atoms. The van der Waals surface area contributed by atoms with Gasteiger partial charge in [-0.25, -0.2) is 0 Å². The van der Waals surface area contributed by atoms with Crippen LogP contribution in [-0.2, 0) is 0 Å². The van der Waals surface area contributed by atoms with Gasteiger partial charge < -0.3 is 19.7 Å². The molecule has 0 aliphatic carbocycles. The molecule has 6 nitrogen and oxygen atoms in total. The summed E-state index contributed by atoms with van der Waals surface area (Å²) in [4.78, 5) is 1.97. The van der Waals surface area contributed by atoms with Gasteiger partial charge >= 0.3 is 0 Å². The number of fused-ring (bicyclic) bond motifs is 1. The van der Waals surface area contributed by atoms with Crippen LogP contribution >= 0.6 is 0 Å². The summed E-state index contributed by atoms with van der Waals surface area (Å²) in [6, 6.07) is 5.79. The lowest BCUT2D eigenvalue weighted by Gasteiger charge is -2.44. The van der Waals surface area contributed by atoms with Crippen molar-refractivity contribution in [1.82, 2.24) is 5.32 Å². The predicted molar refractivity (Wildman–Crippen MR) is 68.8 cm³/mol. The van der Waals surface area contributed by atoms with Crippen LogP contribution in [0.1, 0.15) is 0 Å². The van der Waals surface area contributed by atoms with Crippen LogP contribution in [0.3, 0.4) is 0 Å². The van der Waals surface area contributed by atoms with E-state index in [1.165, 1.54) is 0 Å². The molecule has 98 valence electrons. The van der Waals surface area contributed by atoms with Crippen LogP contribution in [0.5, 0.6) is 11.5 Å². The Balaban J connectivity index is 2.00. The smallest absolute Gasteiger partial charge is 0.184 e. The molecule has 0 unspecified atom stereocenters. The third-order valence-corrected chi connectivity index (χ3v) is 3.26. The topological polar surface area (TPSA) is 85.8 Å². The second-order valence-corrected chi connectivity index (χ2v) is 4.62. The molecule has 2 heterocycles. The van der Waals surface area contributed by atoms with Gasteiger partial charge in [-0.1, -0.05) is 6.07 Å². The molecule has 1 aromatic carbocycles. The van der Waals surface area contributed by atoms with E-state index in [2.05, 4.69) is 5.32 Å². The average molecular weight is 250 g/mol. The summed E-state index contributed by atoms with van der Waals surface area (Å²) in [5.41, 5.74) is 13.2. The van der Waals surface area contributed by atoms with Gasteiger partial charge in [0.05, 0.1) is 5.69 Å². The molecule has 0 spiro atoms. The van der Waals surface area contributed by atoms with E-state index in [0.717, 1.165) is 30.3 Å². The molecule has 0 amide bonds. The van der Waals surface area contributed by atoms with Crippen molar-refractivity contribution in [1.29, 1.82) is 0 Å². The maximum atomic E-state index is 6.13. The van der Waals surface area contributed by atoms with Crippen molar-refractivity contribution in [2.75, 3.05) is 37.7 Å². The van der Waals surface area contributed by atoms with Crippen molar-refractivity contribution in [2.24, 2.45) is 11.5 Å². The number of ether oxygens (including phenoxy) is 2. The van der Waals surface area contributed by atoms with E-state index in [9.17, 15) is 0 Å². The van der Waals surface area contributed by atoms with Crippen LogP contribution in [-0.4, -0.2) is 38.6 Å². The van der Waals surface area contributed by atoms with Crippen molar-refractivity contribution in [3.05, 3.63) is 18.2 Å². The summed E-state index contributed by atoms with van der Waals surface area (Å²) >= 11 is 0. The van der Waals surface area contributed by atoms with Crippen LogP contribution in [0.25, 0.3) is 0 Å². The fourth-order valence-electron chi connectivity index (χ4n) is 2.40. The molecule has 1 aromatic rings. The van der Waals surface area contributed by atoms with Crippen molar-refractivity contribution in [3.8, 4) is 11.5 Å². The Morgan fingerprint density at radius 1 is 1.22 bits per heavy atom. The number of hydrogen-bond acceptors (Lipinski definition) is 6. The quantitative estimate of drug-likeness (QED) is 0.579. The average Bonchev–Trinajstić information content (AvgIpc) is 2.38. The first-order valence-electron chi connectivity index (χ1n) is 6.13. The lowest BCUT2D eigenvalue weighted by atomic mass is 10.1. The molecule has 0 saturated carbocycles. The molecule has 3 rings (SSSR count). The highest BCUT2D eigenvalue weighted by Gasteiger charge is 2.34. The number of rotatable bonds is 1. The standard InChI is InChI=1S/C12H18N4O2/c13-12(14)8-15-4-5-16(12)9-2-1-3-10-11(9)18-7-6-17-10/h1-3,15H,4-8,13-14H2. The van der Waals surface area contributed by atoms with Gasteiger partial charge in [-0.3, -0.25) is 11.5 Å². The molecule has 18 heavy (non-hydrogen) atoms. The molecule has 0 atom stereocenters. The van der Waals surface area contributed by atoms with E-state index in [1.807, 2.05) is 23.1 Å². The minimum atomic E-state index is -0.909. The Kier molecular flexibility index (Phi) is 2.77. The van der Waals surface area contributed by atoms with Gasteiger partial charge in [0.2, 0.25) is 0 Å². The highest BCUT2D eigenvalue weighted by Crippen LogP contribution is 2.40. The molecular weight excluding hydrogens is 232 g/mol. The lowest BCUT2D eigenvalue weighted by molar-refractivity contribution is 0.171. The lowest BCUT2D eigenvalue weighted by Crippen LogP contribution is -2.72. The zero-order chi connectivity index (χ0) is 12.6. The second kappa shape index (κ2) is 4.31. The Labute approximate surface area is 106 Å². The number of anilines is 1. The molecule has 0 radical (unpaired) electrons. The Morgan fingerprint density at radius 3 is 2.89 bits per heavy atom. The van der Waals surface area contributed by atoms with Crippen molar-refractivity contribution >= 4 is 5.69 Å². The number of para-hydroxylation sites is 1. The third kappa shape index (κ3) is 1.88. The second-order valence-electron chi connectivity index (χ2n) is 4.62. The Hall–Kier alpha value is -1.50. The van der Waals surface area contributed by atoms with Gasteiger partial charge in [0, 0.05) is 19.6 Å². The first-order chi connectivity index (χ1) is 8.68. The van der Waals surface area contributed by atoms with Crippen LogP contribution < -0.4 is 31.2 Å². The first kappa shape index (κ1) is 11.6. The van der Waals surface area contributed by atoms with E-state index in [-0.39, 0.29) is 0 Å². The van der Waals surface area contributed by atoms with Gasteiger partial charge in [-0.15, -0.1) is 0 Å². The third-order valence-electron chi connectivity index (χ3n) is 3.26. The predicted octanol–water partition coefficient (Wildman–Crippen LogP) is -0.561. The molecule has 1 saturated heterocycles. The van der Waals surface area contributed by atoms with Crippen molar-refractivity contribution in [3.63, 3.8) is 0 Å². The highest BCUT2D eigenvalue weighted by atomic mass is 16.6. The summed E-state index contributed by atoms with van der Waals surface area (Å²) in [7, 11) is 0. The fraction of sp³-hybridized carbons (Fsp3) is 0.500. The Bertz CT molecular complexity index is 450. The maximum Gasteiger partial charge on any atom is 0.184 e. The van der Waals surface area contributed by atoms with E-state index in [0.29, 0.717) is 19.8 Å². The summed E-state index contributed by atoms with van der Waals surface area (Å²) in [5.74, 6) is 0.591. The first-order valence-corrected chi connectivity index (χ1v) is 6.13. The number of piperazine rings is 1. The van der Waals surface area contributed by atoms with Crippen LogP contribution in [0.2, 0.25) is 0 Å². The van der Waals surface area contributed by atoms with E-state index < -0.39 is 5.79 Å². The van der Waals surface area contributed by atoms with Gasteiger partial charge in [0.1, 0.15) is 13.2 Å². The number of benzene rings is 1. The maximum absolute atomic E-state index is 6.13. The number of hydrogen-bond donors (Lipinski definition) is 3. The fourth-order valence-corrected chi connectivity index (χ4v) is 2.40. The molecule has 2 aliphatic heterocycles. The SMILES string of the molecule is NC1(N)CNCCN1c1cccc2c1OCCO2. The monoisotopic (exact) mass is 250 g/mol. The van der Waals surface area contributed by atoms with E-state index in [1.54, 1.807) is 0 Å². The van der Waals surface area contributed by atoms with Crippen LogP contribution in [0, 0.1) is 0 Å². The number of nitrogens with two attached hydrogens (primary N) is 2. The van der Waals surface area contributed by atoms with Gasteiger partial charge in [0.15, 0.2) is 17.3 Å². The summed E-state index contributed by atoms with van der Waals surface area (Å²) in [6.45, 7) is 3.26. The zero-order valence-corrected chi connectivity index (χ0v) is 10.2. The summed E-state index contributed by atoms with van der Waals surface area (Å²) in [6.07, 6.45) is 0. The number of nitrogens with one attached hydrogen (secondary N) is 1. The highest BCUT2D eigenvalue weighted by molar-refractivity contribution is 5.66. The summed E-state index contributed by atoms with van der Waals surface area (Å²) in [5, 5.41) is 3.19. The van der Waals surface area contributed by atoms with E-state index in [4.69, 9.17) is 20.9 Å². The molecule has 0 aromatic heterocycles. The van der Waals surface area contributed by atoms with Crippen molar-refractivity contribution < 1.29 is 9.47 Å². The number of nitrogens with zero attached hydrogens (tertiary/aromatic N) is 1. The van der Waals surface area contributed by atoms with Gasteiger partial charge in [-0.2, -0.15) is 0 Å². The zero-order valence-electron chi connectivity index (χ0n) is 10.2. The van der Waals surface area contributed by atoms with Gasteiger partial charge in [-0.05, 0) is 12.1 Å². The van der Waals surface area contributed by atoms with Crippen molar-refractivity contribution in [2.45, 2.75) is 5.79 Å². The molecular formula is C12H18N4O2. The van der Waals surface area contributed by atoms with Gasteiger partial charge in [0.25, 0.3) is 0 Å². The summed E-state index contributed by atoms with van der Waals surface area (Å²) < 4.78 is 11.3. The van der Waals surface area contributed by atoms with E-state index >= 15 is 0 Å². The minimum absolute atomic E-state index is 0.539. The minimum Gasteiger partial charge on any atom is -0.486 e. The largest absolute Gasteiger partial charge is 0.486 e. The van der Waals surface area contributed by atoms with Crippen LogP contribution in [0.15, 0.2) is 18.2 Å². The van der Waals surface area contributed by atoms with Crippen LogP contribution in [0.4, 0.5) is 5.69 Å². The molecule has 2 aliphatic rings. The Morgan fingerprint density at radius 2 is 2.06 bits per heavy atom.